The smallest absolute Gasteiger partial charge is 0.237 e. The highest BCUT2D eigenvalue weighted by Gasteiger charge is 2.26. The third kappa shape index (κ3) is 3.78. The number of nitrogens with one attached hydrogen (secondary N) is 1. The largest absolute Gasteiger partial charge is 0.352 e. The van der Waals surface area contributed by atoms with Gasteiger partial charge in [-0.1, -0.05) is 27.2 Å². The summed E-state index contributed by atoms with van der Waals surface area (Å²) in [5, 5.41) is 3.09. The zero-order valence-electron chi connectivity index (χ0n) is 10.8. The fraction of sp³-hybridized carbons (Fsp3) is 0.923. The van der Waals surface area contributed by atoms with E-state index in [1.165, 1.54) is 6.42 Å². The lowest BCUT2D eigenvalue weighted by atomic mass is 9.79. The van der Waals surface area contributed by atoms with Crippen molar-refractivity contribution in [1.29, 1.82) is 0 Å². The summed E-state index contributed by atoms with van der Waals surface area (Å²) in [6.45, 7) is 6.62. The van der Waals surface area contributed by atoms with Gasteiger partial charge in [0.05, 0.1) is 6.04 Å². The molecule has 3 N–H and O–H groups in total. The minimum Gasteiger partial charge on any atom is -0.352 e. The molecule has 16 heavy (non-hydrogen) atoms. The Morgan fingerprint density at radius 3 is 2.62 bits per heavy atom. The fourth-order valence-electron chi connectivity index (χ4n) is 2.43. The highest BCUT2D eigenvalue weighted by Crippen LogP contribution is 2.29. The maximum Gasteiger partial charge on any atom is 0.237 e. The van der Waals surface area contributed by atoms with Gasteiger partial charge in [0, 0.05) is 6.04 Å². The predicted octanol–water partition coefficient (Wildman–Crippen LogP) is 2.05. The van der Waals surface area contributed by atoms with Crippen LogP contribution < -0.4 is 11.1 Å². The molecule has 0 saturated heterocycles. The molecule has 1 amide bonds. The number of hydrogen-bond acceptors (Lipinski definition) is 2. The van der Waals surface area contributed by atoms with Gasteiger partial charge < -0.3 is 11.1 Å². The van der Waals surface area contributed by atoms with E-state index in [1.54, 1.807) is 0 Å². The molecule has 0 spiro atoms. The number of carbonyl (C=O) groups excluding carboxylic acids is 1. The summed E-state index contributed by atoms with van der Waals surface area (Å²) in [5.41, 5.74) is 5.79. The second-order valence-corrected chi connectivity index (χ2v) is 5.37. The average molecular weight is 226 g/mol. The van der Waals surface area contributed by atoms with Gasteiger partial charge >= 0.3 is 0 Å². The summed E-state index contributed by atoms with van der Waals surface area (Å²) in [7, 11) is 0. The summed E-state index contributed by atoms with van der Waals surface area (Å²) in [5.74, 6) is 1.53. The van der Waals surface area contributed by atoms with Crippen LogP contribution in [0.1, 0.15) is 52.9 Å². The first-order valence-electron chi connectivity index (χ1n) is 6.60. The van der Waals surface area contributed by atoms with E-state index in [-0.39, 0.29) is 11.9 Å². The highest BCUT2D eigenvalue weighted by molar-refractivity contribution is 5.81. The van der Waals surface area contributed by atoms with Crippen LogP contribution in [0.4, 0.5) is 0 Å². The fourth-order valence-corrected chi connectivity index (χ4v) is 2.43. The van der Waals surface area contributed by atoms with Crippen molar-refractivity contribution in [2.24, 2.45) is 17.6 Å². The van der Waals surface area contributed by atoms with Gasteiger partial charge in [-0.15, -0.1) is 0 Å². The molecule has 0 heterocycles. The maximum absolute atomic E-state index is 11.8. The lowest BCUT2D eigenvalue weighted by Crippen LogP contribution is -2.47. The molecule has 0 aromatic heterocycles. The number of carbonyl (C=O) groups is 1. The summed E-state index contributed by atoms with van der Waals surface area (Å²) < 4.78 is 0. The molecular formula is C13H26N2O. The SMILES string of the molecule is CCCC(N)C(=O)NC1CCC(C)C(C)C1. The summed E-state index contributed by atoms with van der Waals surface area (Å²) in [4.78, 5) is 11.8. The first-order valence-corrected chi connectivity index (χ1v) is 6.60. The summed E-state index contributed by atoms with van der Waals surface area (Å²) in [6.07, 6.45) is 5.17. The predicted molar refractivity (Wildman–Crippen MR) is 67.0 cm³/mol. The first kappa shape index (κ1) is 13.5. The quantitative estimate of drug-likeness (QED) is 0.771. The molecule has 0 bridgehead atoms. The Kier molecular flexibility index (Phi) is 5.26. The van der Waals surface area contributed by atoms with Gasteiger partial charge in [-0.05, 0) is 37.5 Å². The molecule has 0 aromatic rings. The topological polar surface area (TPSA) is 55.1 Å². The Hall–Kier alpha value is -0.570. The van der Waals surface area contributed by atoms with Crippen molar-refractivity contribution in [3.63, 3.8) is 0 Å². The molecule has 1 aliphatic carbocycles. The first-order chi connectivity index (χ1) is 7.54. The lowest BCUT2D eigenvalue weighted by Gasteiger charge is -2.33. The minimum atomic E-state index is -0.320. The molecule has 1 aliphatic rings. The van der Waals surface area contributed by atoms with Gasteiger partial charge in [0.15, 0.2) is 0 Å². The molecule has 94 valence electrons. The number of hydrogen-bond donors (Lipinski definition) is 2. The van der Waals surface area contributed by atoms with E-state index in [0.717, 1.165) is 31.6 Å². The van der Waals surface area contributed by atoms with Crippen LogP contribution in [0.15, 0.2) is 0 Å². The van der Waals surface area contributed by atoms with Gasteiger partial charge in [0.25, 0.3) is 0 Å². The molecule has 4 unspecified atom stereocenters. The third-order valence-corrected chi connectivity index (χ3v) is 3.88. The zero-order valence-corrected chi connectivity index (χ0v) is 10.8. The normalized spacial score (nSPS) is 32.1. The average Bonchev–Trinajstić information content (AvgIpc) is 2.24. The summed E-state index contributed by atoms with van der Waals surface area (Å²) in [6, 6.07) is 0.0289. The van der Waals surface area contributed by atoms with Crippen LogP contribution in [0.5, 0.6) is 0 Å². The van der Waals surface area contributed by atoms with Gasteiger partial charge in [-0.25, -0.2) is 0 Å². The van der Waals surface area contributed by atoms with E-state index in [4.69, 9.17) is 5.73 Å². The molecule has 3 heteroatoms. The van der Waals surface area contributed by atoms with E-state index in [2.05, 4.69) is 26.1 Å². The second kappa shape index (κ2) is 6.24. The van der Waals surface area contributed by atoms with Gasteiger partial charge in [-0.2, -0.15) is 0 Å². The van der Waals surface area contributed by atoms with Crippen molar-refractivity contribution in [1.82, 2.24) is 5.32 Å². The van der Waals surface area contributed by atoms with Crippen LogP contribution in [0, 0.1) is 11.8 Å². The molecule has 0 aliphatic heterocycles. The lowest BCUT2D eigenvalue weighted by molar-refractivity contribution is -0.123. The van der Waals surface area contributed by atoms with Crippen LogP contribution in [0.3, 0.4) is 0 Å². The van der Waals surface area contributed by atoms with Crippen LogP contribution >= 0.6 is 0 Å². The number of amides is 1. The zero-order chi connectivity index (χ0) is 12.1. The van der Waals surface area contributed by atoms with Crippen molar-refractivity contribution in [3.05, 3.63) is 0 Å². The Labute approximate surface area is 99.2 Å². The molecule has 0 aromatic carbocycles. The Bertz CT molecular complexity index is 230. The maximum atomic E-state index is 11.8. The van der Waals surface area contributed by atoms with Crippen LogP contribution in [0.2, 0.25) is 0 Å². The van der Waals surface area contributed by atoms with Crippen LogP contribution in [-0.2, 0) is 4.79 Å². The second-order valence-electron chi connectivity index (χ2n) is 5.37. The third-order valence-electron chi connectivity index (χ3n) is 3.88. The highest BCUT2D eigenvalue weighted by atomic mass is 16.2. The van der Waals surface area contributed by atoms with Gasteiger partial charge in [0.2, 0.25) is 5.91 Å². The van der Waals surface area contributed by atoms with Crippen molar-refractivity contribution in [2.45, 2.75) is 65.0 Å². The molecule has 1 saturated carbocycles. The van der Waals surface area contributed by atoms with Crippen molar-refractivity contribution in [2.75, 3.05) is 0 Å². The number of rotatable bonds is 4. The van der Waals surface area contributed by atoms with Crippen molar-refractivity contribution < 1.29 is 4.79 Å². The summed E-state index contributed by atoms with van der Waals surface area (Å²) >= 11 is 0. The van der Waals surface area contributed by atoms with E-state index in [9.17, 15) is 4.79 Å². The Morgan fingerprint density at radius 1 is 1.38 bits per heavy atom. The monoisotopic (exact) mass is 226 g/mol. The van der Waals surface area contributed by atoms with E-state index >= 15 is 0 Å². The Balaban J connectivity index is 2.34. The van der Waals surface area contributed by atoms with E-state index < -0.39 is 0 Å². The van der Waals surface area contributed by atoms with Gasteiger partial charge in [0.1, 0.15) is 0 Å². The van der Waals surface area contributed by atoms with Gasteiger partial charge in [-0.3, -0.25) is 4.79 Å². The molecule has 3 nitrogen and oxygen atoms in total. The minimum absolute atomic E-state index is 0.0357. The Morgan fingerprint density at radius 2 is 2.06 bits per heavy atom. The molecule has 4 atom stereocenters. The van der Waals surface area contributed by atoms with E-state index in [0.29, 0.717) is 12.0 Å². The molecule has 0 radical (unpaired) electrons. The van der Waals surface area contributed by atoms with Crippen LogP contribution in [-0.4, -0.2) is 18.0 Å². The van der Waals surface area contributed by atoms with Crippen LogP contribution in [0.25, 0.3) is 0 Å². The molecule has 1 rings (SSSR count). The number of nitrogens with two attached hydrogens (primary N) is 1. The molecule has 1 fully saturated rings. The standard InChI is InChI=1S/C13H26N2O/c1-4-5-12(14)13(16)15-11-7-6-9(2)10(3)8-11/h9-12H,4-8,14H2,1-3H3,(H,15,16). The van der Waals surface area contributed by atoms with Crippen molar-refractivity contribution >= 4 is 5.91 Å². The van der Waals surface area contributed by atoms with E-state index in [1.807, 2.05) is 0 Å². The van der Waals surface area contributed by atoms with Crippen molar-refractivity contribution in [3.8, 4) is 0 Å². The molecular weight excluding hydrogens is 200 g/mol.